The van der Waals surface area contributed by atoms with Gasteiger partial charge in [-0.15, -0.1) is 0 Å². The van der Waals surface area contributed by atoms with Crippen LogP contribution in [0.4, 0.5) is 21.3 Å². The molecule has 0 nitrogen and oxygen atoms in total. The summed E-state index contributed by atoms with van der Waals surface area (Å²) < 4.78 is 89.4. The quantitative estimate of drug-likeness (QED) is 0.359. The summed E-state index contributed by atoms with van der Waals surface area (Å²) >= 11 is 0. The monoisotopic (exact) mass is 525 g/mol. The first-order valence-electron chi connectivity index (χ1n) is 7.06. The molecule has 0 heterocycles. The van der Waals surface area contributed by atoms with E-state index in [4.69, 9.17) is 0 Å². The predicted molar refractivity (Wildman–Crippen MR) is 94.8 cm³/mol. The molecule has 0 atom stereocenters. The van der Waals surface area contributed by atoms with Crippen molar-refractivity contribution in [3.63, 3.8) is 0 Å². The Morgan fingerprint density at radius 3 is 0.769 bits per heavy atom. The third-order valence-corrected chi connectivity index (χ3v) is 11.5. The van der Waals surface area contributed by atoms with Gasteiger partial charge < -0.3 is 0 Å². The molecule has 0 amide bonds. The molecule has 0 aliphatic rings. The molecule has 0 aliphatic carbocycles. The Kier molecular flexibility index (Phi) is 2.81. The maximum absolute atomic E-state index is 16.2. The Balaban J connectivity index is 0.00000243. The molecule has 0 radical (unpaired) electrons. The predicted octanol–water partition coefficient (Wildman–Crippen LogP) is 3.92. The molecule has 0 unspecified atom stereocenters. The summed E-state index contributed by atoms with van der Waals surface area (Å²) in [6.07, 6.45) is 0. The molecule has 0 N–H and O–H groups in total. The number of halogens is 6. The second-order valence-corrected chi connectivity index (χ2v) is 14.9. The van der Waals surface area contributed by atoms with E-state index in [9.17, 15) is 0 Å². The van der Waals surface area contributed by atoms with E-state index in [-0.39, 0.29) is 60.8 Å². The van der Waals surface area contributed by atoms with Crippen molar-refractivity contribution in [1.82, 2.24) is 0 Å². The summed E-state index contributed by atoms with van der Waals surface area (Å²) in [5.41, 5.74) is 0. The zero-order chi connectivity index (χ0) is 18.7. The van der Waals surface area contributed by atoms with E-state index in [0.29, 0.717) is 0 Å². The average molecular weight is 526 g/mol. The summed E-state index contributed by atoms with van der Waals surface area (Å²) in [5.74, 6) is 0. The average Bonchev–Trinajstić information content (AvgIpc) is 2.57. The Morgan fingerprint density at radius 1 is 0.385 bits per heavy atom. The van der Waals surface area contributed by atoms with Gasteiger partial charge in [0.15, 0.2) is 0 Å². The van der Waals surface area contributed by atoms with Crippen LogP contribution < -0.4 is 13.4 Å². The second-order valence-electron chi connectivity index (χ2n) is 6.07. The van der Waals surface area contributed by atoms with Gasteiger partial charge in [0.05, 0.1) is 0 Å². The third-order valence-electron chi connectivity index (χ3n) is 4.18. The van der Waals surface area contributed by atoms with Crippen LogP contribution in [0.25, 0.3) is 0 Å². The fourth-order valence-electron chi connectivity index (χ4n) is 2.74. The van der Waals surface area contributed by atoms with Crippen LogP contribution in [0.15, 0.2) is 91.0 Å². The molecule has 0 aromatic heterocycles. The van der Waals surface area contributed by atoms with Gasteiger partial charge >= 0.3 is 160 Å². The third kappa shape index (κ3) is 2.11. The van der Waals surface area contributed by atoms with E-state index >= 15 is 21.3 Å². The molecule has 3 rings (SSSR count). The van der Waals surface area contributed by atoms with Crippen molar-refractivity contribution in [3.8, 4) is 0 Å². The van der Waals surface area contributed by atoms with Crippen molar-refractivity contribution >= 4 is 37.8 Å². The van der Waals surface area contributed by atoms with Gasteiger partial charge in [-0.2, -0.15) is 0 Å². The van der Waals surface area contributed by atoms with E-state index in [1.165, 1.54) is 0 Å². The minimum atomic E-state index is -14.1. The van der Waals surface area contributed by atoms with Gasteiger partial charge in [0.25, 0.3) is 0 Å². The first-order chi connectivity index (χ1) is 11.0. The fourth-order valence-corrected chi connectivity index (χ4v) is 8.09. The van der Waals surface area contributed by atoms with Crippen molar-refractivity contribution in [2.24, 2.45) is 0 Å². The number of benzene rings is 3. The van der Waals surface area contributed by atoms with Crippen LogP contribution in [0.3, 0.4) is 0 Å². The zero-order valence-corrected chi connectivity index (χ0v) is 18.6. The van der Waals surface area contributed by atoms with Gasteiger partial charge in [-0.05, 0) is 0 Å². The van der Waals surface area contributed by atoms with Gasteiger partial charge in [-0.25, -0.2) is 0 Å². The van der Waals surface area contributed by atoms with Gasteiger partial charge in [-0.3, -0.25) is 0 Å². The molecule has 0 fully saturated rings. The second kappa shape index (κ2) is 3.50. The van der Waals surface area contributed by atoms with E-state index in [1.807, 2.05) is 0 Å². The van der Waals surface area contributed by atoms with Gasteiger partial charge in [0, 0.05) is 0 Å². The molecular weight excluding hydrogens is 508 g/mol. The van der Waals surface area contributed by atoms with Crippen molar-refractivity contribution < 1.29 is 31.6 Å². The van der Waals surface area contributed by atoms with Crippen LogP contribution in [0.1, 0.15) is 0 Å². The summed E-state index contributed by atoms with van der Waals surface area (Å²) in [6.45, 7) is 0. The molecular formula is C18H18F6FeSb. The first kappa shape index (κ1) is 20.9. The summed E-state index contributed by atoms with van der Waals surface area (Å²) in [5, 5.41) is 0. The van der Waals surface area contributed by atoms with E-state index < -0.39 is 23.7 Å². The van der Waals surface area contributed by atoms with Crippen LogP contribution in [0.5, 0.6) is 0 Å². The van der Waals surface area contributed by atoms with Crippen LogP contribution in [-0.4, -0.2) is 24.4 Å². The van der Waals surface area contributed by atoms with Gasteiger partial charge in [-0.1, -0.05) is 0 Å². The van der Waals surface area contributed by atoms with Crippen LogP contribution in [0.2, 0.25) is 0 Å². The van der Waals surface area contributed by atoms with Gasteiger partial charge in [0.1, 0.15) is 0 Å². The number of hydrogen-bond donors (Lipinski definition) is 0. The van der Waals surface area contributed by atoms with E-state index in [0.717, 1.165) is 54.6 Å². The summed E-state index contributed by atoms with van der Waals surface area (Å²) in [7, 11) is -14.1. The SMILES string of the molecule is [F][Fe]([F])([F])([F])([F])([F])([c]1ccccc1)([c]1ccccc1)[c]1ccccc1.[SbH3]. The maximum atomic E-state index is 16.2. The Bertz CT molecular complexity index is 923. The Hall–Kier alpha value is -1.42. The van der Waals surface area contributed by atoms with Crippen molar-refractivity contribution in [2.75, 3.05) is 0 Å². The van der Waals surface area contributed by atoms with Crippen molar-refractivity contribution in [2.45, 2.75) is 0 Å². The van der Waals surface area contributed by atoms with E-state index in [1.54, 1.807) is 0 Å². The van der Waals surface area contributed by atoms with E-state index in [2.05, 4.69) is 0 Å². The molecule has 8 heteroatoms. The standard InChI is InChI=1S/3C6H5.6FH.Fe.Sb.3H/c3*1-2-4-6-5-3-1;;;;;;;;;;;/h3*1-5H;6*1H;;;;;/q;;;;;;;;;+6;;;;/p-6. The molecule has 3 aromatic carbocycles. The Labute approximate surface area is 160 Å². The molecule has 145 valence electrons. The van der Waals surface area contributed by atoms with Crippen molar-refractivity contribution in [3.05, 3.63) is 91.0 Å². The molecule has 0 spiro atoms. The normalized spacial score (nSPS) is 19.8. The number of hydrogen-bond acceptors (Lipinski definition) is 0. The Morgan fingerprint density at radius 2 is 0.577 bits per heavy atom. The van der Waals surface area contributed by atoms with Gasteiger partial charge in [0.2, 0.25) is 0 Å². The minimum absolute atomic E-state index is 0. The van der Waals surface area contributed by atoms with Crippen LogP contribution in [-0.2, 0) is 10.3 Å². The zero-order valence-electron chi connectivity index (χ0n) is 13.5. The molecule has 0 saturated heterocycles. The van der Waals surface area contributed by atoms with Crippen LogP contribution in [0, 0.1) is 0 Å². The fraction of sp³-hybridized carbons (Fsp3) is 0. The first-order valence-corrected chi connectivity index (χ1v) is 11.2. The van der Waals surface area contributed by atoms with Crippen LogP contribution >= 0.6 is 0 Å². The topological polar surface area (TPSA) is 0 Å². The molecule has 0 aliphatic heterocycles. The van der Waals surface area contributed by atoms with Crippen molar-refractivity contribution in [1.29, 1.82) is 0 Å². The molecule has 26 heavy (non-hydrogen) atoms. The number of rotatable bonds is 3. The summed E-state index contributed by atoms with van der Waals surface area (Å²) in [6, 6.07) is 8.05. The molecule has 3 aromatic rings. The molecule has 0 saturated carbocycles. The molecule has 0 bridgehead atoms. The summed E-state index contributed by atoms with van der Waals surface area (Å²) in [4.78, 5) is 0.